The number of hydrogen-bond donors (Lipinski definition) is 2. The Morgan fingerprint density at radius 2 is 1.88 bits per heavy atom. The maximum Gasteiger partial charge on any atom is 0.220 e. The Balaban J connectivity index is 1.34. The molecule has 2 fully saturated rings. The summed E-state index contributed by atoms with van der Waals surface area (Å²) in [6, 6.07) is 8.25. The first kappa shape index (κ1) is 22.0. The van der Waals surface area contributed by atoms with E-state index in [2.05, 4.69) is 22.2 Å². The van der Waals surface area contributed by atoms with Crippen LogP contribution in [0.5, 0.6) is 0 Å². The van der Waals surface area contributed by atoms with E-state index in [1.807, 2.05) is 0 Å². The lowest BCUT2D eigenvalue weighted by Gasteiger charge is -2.37. The third-order valence-electron chi connectivity index (χ3n) is 7.10. The first-order chi connectivity index (χ1) is 15.9. The lowest BCUT2D eigenvalue weighted by molar-refractivity contribution is -0.123. The number of benzene rings is 2. The smallest absolute Gasteiger partial charge is 0.220 e. The van der Waals surface area contributed by atoms with Crippen molar-refractivity contribution in [1.29, 1.82) is 0 Å². The van der Waals surface area contributed by atoms with Gasteiger partial charge in [0.25, 0.3) is 0 Å². The lowest BCUT2D eigenvalue weighted by atomic mass is 9.74. The van der Waals surface area contributed by atoms with E-state index in [1.54, 1.807) is 12.1 Å². The predicted octanol–water partition coefficient (Wildman–Crippen LogP) is 5.35. The van der Waals surface area contributed by atoms with E-state index in [0.717, 1.165) is 43.1 Å². The summed E-state index contributed by atoms with van der Waals surface area (Å²) < 4.78 is 42.0. The van der Waals surface area contributed by atoms with Crippen LogP contribution in [0.25, 0.3) is 22.2 Å². The van der Waals surface area contributed by atoms with Crippen LogP contribution in [0.15, 0.2) is 36.4 Å². The highest BCUT2D eigenvalue weighted by molar-refractivity contribution is 5.92. The van der Waals surface area contributed by atoms with Crippen LogP contribution in [0.1, 0.15) is 43.6 Å². The molecule has 33 heavy (non-hydrogen) atoms. The summed E-state index contributed by atoms with van der Waals surface area (Å²) in [6.07, 6.45) is 4.15. The van der Waals surface area contributed by atoms with Crippen molar-refractivity contribution in [2.75, 3.05) is 20.1 Å². The van der Waals surface area contributed by atoms with Gasteiger partial charge in [0.15, 0.2) is 0 Å². The second-order valence-corrected chi connectivity index (χ2v) is 9.64. The van der Waals surface area contributed by atoms with E-state index in [9.17, 15) is 18.0 Å². The van der Waals surface area contributed by atoms with Gasteiger partial charge in [-0.15, -0.1) is 0 Å². The number of amides is 1. The Kier molecular flexibility index (Phi) is 5.91. The molecule has 1 saturated heterocycles. The largest absolute Gasteiger partial charge is 0.353 e. The fourth-order valence-electron chi connectivity index (χ4n) is 5.47. The zero-order chi connectivity index (χ0) is 23.1. The zero-order valence-electron chi connectivity index (χ0n) is 18.6. The second kappa shape index (κ2) is 8.86. The van der Waals surface area contributed by atoms with Gasteiger partial charge in [0.2, 0.25) is 5.91 Å². The molecule has 1 atom stereocenters. The van der Waals surface area contributed by atoms with Crippen molar-refractivity contribution in [3.63, 3.8) is 0 Å². The van der Waals surface area contributed by atoms with Crippen molar-refractivity contribution in [3.8, 4) is 11.3 Å². The highest BCUT2D eigenvalue weighted by Crippen LogP contribution is 2.45. The Labute approximate surface area is 191 Å². The number of rotatable bonds is 5. The molecule has 3 aromatic rings. The monoisotopic (exact) mass is 455 g/mol. The Hall–Kier alpha value is -2.80. The number of carbonyl (C=O) groups is 1. The van der Waals surface area contributed by atoms with Crippen molar-refractivity contribution in [3.05, 3.63) is 59.4 Å². The SMILES string of the molecule is CN1CCCC(CC(=O)NC2CC(c3c(-c4ccc(F)cc4)[nH]c4c(F)cc(F)cc34)C2)C1. The molecule has 174 valence electrons. The van der Waals surface area contributed by atoms with Crippen molar-refractivity contribution < 1.29 is 18.0 Å². The number of H-pyrrole nitrogens is 1. The van der Waals surface area contributed by atoms with Crippen LogP contribution in [0.3, 0.4) is 0 Å². The summed E-state index contributed by atoms with van der Waals surface area (Å²) in [5.41, 5.74) is 2.47. The molecule has 5 rings (SSSR count). The Bertz CT molecular complexity index is 1170. The summed E-state index contributed by atoms with van der Waals surface area (Å²) in [5.74, 6) is -1.12. The fraction of sp³-hybridized carbons (Fsp3) is 0.423. The molecule has 1 aromatic heterocycles. The summed E-state index contributed by atoms with van der Waals surface area (Å²) in [4.78, 5) is 17.9. The highest BCUT2D eigenvalue weighted by Gasteiger charge is 2.36. The molecule has 0 bridgehead atoms. The molecule has 1 unspecified atom stereocenters. The molecular weight excluding hydrogens is 427 g/mol. The van der Waals surface area contributed by atoms with Gasteiger partial charge in [0.1, 0.15) is 17.5 Å². The number of aromatic amines is 1. The first-order valence-corrected chi connectivity index (χ1v) is 11.6. The fourth-order valence-corrected chi connectivity index (χ4v) is 5.47. The summed E-state index contributed by atoms with van der Waals surface area (Å²) in [7, 11) is 2.09. The first-order valence-electron chi connectivity index (χ1n) is 11.6. The molecule has 0 spiro atoms. The summed E-state index contributed by atoms with van der Waals surface area (Å²) in [5, 5.41) is 3.65. The molecule has 1 aliphatic carbocycles. The third kappa shape index (κ3) is 4.51. The number of nitrogens with one attached hydrogen (secondary N) is 2. The average molecular weight is 456 g/mol. The third-order valence-corrected chi connectivity index (χ3v) is 7.10. The molecule has 1 saturated carbocycles. The standard InChI is InChI=1S/C26H28F3N3O/c1-32-8-2-3-15(14-32)9-23(33)30-20-10-17(11-20)24-21-12-19(28)13-22(29)26(21)31-25(24)16-4-6-18(27)7-5-16/h4-7,12-13,15,17,20,31H,2-3,8-11,14H2,1H3,(H,30,33). The van der Waals surface area contributed by atoms with E-state index in [0.29, 0.717) is 36.3 Å². The summed E-state index contributed by atoms with van der Waals surface area (Å²) in [6.45, 7) is 2.04. The molecule has 1 amide bonds. The predicted molar refractivity (Wildman–Crippen MR) is 122 cm³/mol. The van der Waals surface area contributed by atoms with Gasteiger partial charge >= 0.3 is 0 Å². The molecule has 0 radical (unpaired) electrons. The number of likely N-dealkylation sites (tertiary alicyclic amines) is 1. The molecule has 2 N–H and O–H groups in total. The Morgan fingerprint density at radius 3 is 2.61 bits per heavy atom. The van der Waals surface area contributed by atoms with Gasteiger partial charge in [-0.05, 0) is 92.6 Å². The molecule has 2 heterocycles. The van der Waals surface area contributed by atoms with Crippen LogP contribution in [0.4, 0.5) is 13.2 Å². The van der Waals surface area contributed by atoms with Crippen LogP contribution in [-0.4, -0.2) is 42.0 Å². The van der Waals surface area contributed by atoms with Gasteiger partial charge in [0, 0.05) is 30.5 Å². The normalized spacial score (nSPS) is 23.5. The van der Waals surface area contributed by atoms with E-state index in [4.69, 9.17) is 0 Å². The van der Waals surface area contributed by atoms with Gasteiger partial charge in [0.05, 0.1) is 11.2 Å². The topological polar surface area (TPSA) is 48.1 Å². The molecule has 2 aliphatic rings. The molecule has 7 heteroatoms. The number of halogens is 3. The van der Waals surface area contributed by atoms with Crippen molar-refractivity contribution in [2.24, 2.45) is 5.92 Å². The van der Waals surface area contributed by atoms with Gasteiger partial charge in [-0.1, -0.05) is 0 Å². The number of carbonyl (C=O) groups excluding carboxylic acids is 1. The quantitative estimate of drug-likeness (QED) is 0.545. The van der Waals surface area contributed by atoms with Crippen LogP contribution in [-0.2, 0) is 4.79 Å². The average Bonchev–Trinajstić information content (AvgIpc) is 3.10. The van der Waals surface area contributed by atoms with Crippen LogP contribution in [0.2, 0.25) is 0 Å². The van der Waals surface area contributed by atoms with Gasteiger partial charge in [-0.3, -0.25) is 4.79 Å². The maximum absolute atomic E-state index is 14.5. The summed E-state index contributed by atoms with van der Waals surface area (Å²) >= 11 is 0. The van der Waals surface area contributed by atoms with Gasteiger partial charge in [-0.25, -0.2) is 13.2 Å². The Morgan fingerprint density at radius 1 is 1.12 bits per heavy atom. The zero-order valence-corrected chi connectivity index (χ0v) is 18.6. The van der Waals surface area contributed by atoms with Crippen molar-refractivity contribution >= 4 is 16.8 Å². The number of hydrogen-bond acceptors (Lipinski definition) is 2. The van der Waals surface area contributed by atoms with E-state index in [-0.39, 0.29) is 29.2 Å². The van der Waals surface area contributed by atoms with Crippen molar-refractivity contribution in [1.82, 2.24) is 15.2 Å². The van der Waals surface area contributed by atoms with E-state index in [1.165, 1.54) is 18.2 Å². The number of piperidine rings is 1. The van der Waals surface area contributed by atoms with Crippen LogP contribution in [0, 0.1) is 23.4 Å². The van der Waals surface area contributed by atoms with Crippen LogP contribution >= 0.6 is 0 Å². The van der Waals surface area contributed by atoms with Gasteiger partial charge in [-0.2, -0.15) is 0 Å². The minimum absolute atomic E-state index is 0.0473. The van der Waals surface area contributed by atoms with Crippen LogP contribution < -0.4 is 5.32 Å². The highest BCUT2D eigenvalue weighted by atomic mass is 19.1. The van der Waals surface area contributed by atoms with Crippen molar-refractivity contribution in [2.45, 2.75) is 44.1 Å². The number of fused-ring (bicyclic) bond motifs is 1. The van der Waals surface area contributed by atoms with E-state index < -0.39 is 11.6 Å². The molecule has 1 aliphatic heterocycles. The number of nitrogens with zero attached hydrogens (tertiary/aromatic N) is 1. The molecule has 4 nitrogen and oxygen atoms in total. The minimum Gasteiger partial charge on any atom is -0.353 e. The van der Waals surface area contributed by atoms with E-state index >= 15 is 0 Å². The second-order valence-electron chi connectivity index (χ2n) is 9.64. The molecular formula is C26H28F3N3O. The minimum atomic E-state index is -0.652. The molecule has 2 aromatic carbocycles. The number of aromatic nitrogens is 1. The lowest BCUT2D eigenvalue weighted by Crippen LogP contribution is -2.44. The van der Waals surface area contributed by atoms with Gasteiger partial charge < -0.3 is 15.2 Å². The maximum atomic E-state index is 14.5.